The molecule has 56 heavy (non-hydrogen) atoms. The second-order valence-electron chi connectivity index (χ2n) is 14.0. The van der Waals surface area contributed by atoms with Gasteiger partial charge < -0.3 is 9.84 Å². The maximum absolute atomic E-state index is 15.4. The number of fused-ring (bicyclic) bond motifs is 4. The second kappa shape index (κ2) is 13.8. The summed E-state index contributed by atoms with van der Waals surface area (Å²) >= 11 is 22.1. The van der Waals surface area contributed by atoms with Gasteiger partial charge >= 0.3 is 6.18 Å². The zero-order chi connectivity index (χ0) is 40.0. The number of ether oxygens (including phenoxy) is 1. The summed E-state index contributed by atoms with van der Waals surface area (Å²) in [5.41, 5.74) is 1.40. The molecule has 3 heterocycles. The van der Waals surface area contributed by atoms with Gasteiger partial charge in [0.25, 0.3) is 11.8 Å². The van der Waals surface area contributed by atoms with Crippen molar-refractivity contribution in [1.82, 2.24) is 9.99 Å². The lowest BCUT2D eigenvalue weighted by Gasteiger charge is -2.50. The molecule has 3 aromatic carbocycles. The number of aromatic nitrogens is 1. The predicted octanol–water partition coefficient (Wildman–Crippen LogP) is 8.73. The van der Waals surface area contributed by atoms with Crippen molar-refractivity contribution in [3.05, 3.63) is 121 Å². The van der Waals surface area contributed by atoms with Crippen LogP contribution in [0.5, 0.6) is 11.5 Å². The Bertz CT molecular complexity index is 2380. The van der Waals surface area contributed by atoms with E-state index in [1.807, 2.05) is 6.08 Å². The highest BCUT2D eigenvalue weighted by Gasteiger charge is 2.70. The average molecular weight is 891 g/mol. The zero-order valence-corrected chi connectivity index (χ0v) is 32.6. The van der Waals surface area contributed by atoms with Gasteiger partial charge in [-0.15, -0.1) is 0 Å². The highest BCUT2D eigenvalue weighted by Crippen LogP contribution is 2.65. The van der Waals surface area contributed by atoms with Gasteiger partial charge in [-0.3, -0.25) is 29.5 Å². The molecule has 1 saturated carbocycles. The number of anilines is 2. The molecule has 17 heteroatoms. The second-order valence-corrected chi connectivity index (χ2v) is 16.1. The molecular weight excluding hydrogens is 864 g/mol. The van der Waals surface area contributed by atoms with E-state index in [4.69, 9.17) is 39.5 Å². The van der Waals surface area contributed by atoms with Crippen LogP contribution in [0.15, 0.2) is 89.0 Å². The number of phenols is 1. The first kappa shape index (κ1) is 38.3. The lowest BCUT2D eigenvalue weighted by Crippen LogP contribution is -2.53. The number of carbonyl (C=O) groups is 4. The number of methoxy groups -OCH3 is 1. The van der Waals surface area contributed by atoms with Crippen LogP contribution in [-0.4, -0.2) is 45.8 Å². The number of imide groups is 2. The van der Waals surface area contributed by atoms with Gasteiger partial charge in [-0.1, -0.05) is 58.6 Å². The van der Waals surface area contributed by atoms with Gasteiger partial charge in [0.15, 0.2) is 17.3 Å². The first-order valence-electron chi connectivity index (χ1n) is 17.1. The van der Waals surface area contributed by atoms with E-state index in [2.05, 4.69) is 26.3 Å². The van der Waals surface area contributed by atoms with Gasteiger partial charge in [0.2, 0.25) is 11.8 Å². The maximum Gasteiger partial charge on any atom is 0.417 e. The zero-order valence-electron chi connectivity index (χ0n) is 28.8. The number of hydrogen-bond acceptors (Lipinski definition) is 8. The largest absolute Gasteiger partial charge is 0.503 e. The van der Waals surface area contributed by atoms with Gasteiger partial charge in [-0.25, -0.2) is 4.98 Å². The summed E-state index contributed by atoms with van der Waals surface area (Å²) in [4.78, 5) is 63.7. The molecule has 2 N–H and O–H groups in total. The number of benzene rings is 3. The minimum Gasteiger partial charge on any atom is -0.503 e. The van der Waals surface area contributed by atoms with Gasteiger partial charge in [0, 0.05) is 22.2 Å². The van der Waals surface area contributed by atoms with Crippen molar-refractivity contribution in [1.29, 1.82) is 0 Å². The van der Waals surface area contributed by atoms with E-state index < -0.39 is 75.4 Å². The van der Waals surface area contributed by atoms with E-state index in [9.17, 15) is 32.7 Å². The Hall–Kier alpha value is -4.63. The minimum absolute atomic E-state index is 0.0436. The molecule has 1 aromatic heterocycles. The molecule has 4 aromatic rings. The number of alkyl halides is 3. The third kappa shape index (κ3) is 5.78. The molecule has 2 saturated heterocycles. The summed E-state index contributed by atoms with van der Waals surface area (Å²) in [6.45, 7) is 0. The van der Waals surface area contributed by atoms with Crippen LogP contribution in [0.1, 0.15) is 35.4 Å². The number of halogens is 7. The standard InChI is InChI=1S/C39H27BrCl3F3N4O6/c1-56-29-13-17(12-27(40)32(29)51)31-23-10-11-24-30(36(54)49(34(24)52)22-8-6-21(42)7-9-22)25(23)15-26-35(53)50(37(55)38(26,31)18-2-4-20(41)5-3-18)48-33-28(43)14-19(16-47-33)39(44,45)46/h2-10,12-14,16,24-26,30-31,51H,11,15H2,1H3,(H,47,48). The Kier molecular flexibility index (Phi) is 9.42. The van der Waals surface area contributed by atoms with E-state index in [-0.39, 0.29) is 34.6 Å². The van der Waals surface area contributed by atoms with Crippen LogP contribution in [0.2, 0.25) is 15.1 Å². The molecule has 2 aliphatic carbocycles. The summed E-state index contributed by atoms with van der Waals surface area (Å²) in [5.74, 6) is -7.76. The lowest BCUT2D eigenvalue weighted by molar-refractivity contribution is -0.139. The van der Waals surface area contributed by atoms with E-state index >= 15 is 4.79 Å². The molecule has 8 rings (SSSR count). The fraction of sp³-hybridized carbons (Fsp3) is 0.256. The Balaban J connectivity index is 1.33. The number of amides is 4. The van der Waals surface area contributed by atoms with Crippen molar-refractivity contribution >= 4 is 85.9 Å². The van der Waals surface area contributed by atoms with Crippen LogP contribution >= 0.6 is 50.7 Å². The maximum atomic E-state index is 15.4. The highest BCUT2D eigenvalue weighted by atomic mass is 79.9. The fourth-order valence-corrected chi connectivity index (χ4v) is 9.84. The van der Waals surface area contributed by atoms with Crippen LogP contribution < -0.4 is 15.1 Å². The molecule has 2 aliphatic heterocycles. The monoisotopic (exact) mass is 888 g/mol. The third-order valence-corrected chi connectivity index (χ3v) is 12.6. The number of hydrazine groups is 1. The lowest BCUT2D eigenvalue weighted by atomic mass is 9.49. The molecule has 6 unspecified atom stereocenters. The molecule has 288 valence electrons. The van der Waals surface area contributed by atoms with Crippen molar-refractivity contribution in [3.63, 3.8) is 0 Å². The molecule has 0 radical (unpaired) electrons. The van der Waals surface area contributed by atoms with Crippen LogP contribution in [0.4, 0.5) is 24.7 Å². The molecular formula is C39H27BrCl3F3N4O6. The first-order valence-corrected chi connectivity index (χ1v) is 19.0. The summed E-state index contributed by atoms with van der Waals surface area (Å²) in [6.07, 6.45) is -2.34. The fourth-order valence-electron chi connectivity index (χ4n) is 8.92. The summed E-state index contributed by atoms with van der Waals surface area (Å²) in [6, 6.07) is 16.4. The Morgan fingerprint density at radius 3 is 2.21 bits per heavy atom. The third-order valence-electron chi connectivity index (χ3n) is 11.2. The van der Waals surface area contributed by atoms with Crippen molar-refractivity contribution in [2.75, 3.05) is 17.4 Å². The molecule has 10 nitrogen and oxygen atoms in total. The number of aromatic hydroxyl groups is 1. The number of hydrogen-bond donors (Lipinski definition) is 2. The molecule has 6 atom stereocenters. The van der Waals surface area contributed by atoms with Gasteiger partial charge in [-0.2, -0.15) is 18.2 Å². The topological polar surface area (TPSA) is 129 Å². The van der Waals surface area contributed by atoms with Crippen molar-refractivity contribution in [2.45, 2.75) is 30.4 Å². The van der Waals surface area contributed by atoms with Crippen molar-refractivity contribution in [3.8, 4) is 11.5 Å². The smallest absolute Gasteiger partial charge is 0.417 e. The van der Waals surface area contributed by atoms with E-state index in [1.54, 1.807) is 60.7 Å². The number of nitrogens with zero attached hydrogens (tertiary/aromatic N) is 3. The Morgan fingerprint density at radius 1 is 0.929 bits per heavy atom. The van der Waals surface area contributed by atoms with Crippen LogP contribution in [0.3, 0.4) is 0 Å². The molecule has 0 bridgehead atoms. The van der Waals surface area contributed by atoms with E-state index in [1.165, 1.54) is 7.11 Å². The molecule has 3 fully saturated rings. The number of pyridine rings is 1. The first-order chi connectivity index (χ1) is 26.6. The SMILES string of the molecule is COc1cc(C2C3=CCC4C(=O)N(c5ccc(Cl)cc5)C(=O)C4C3CC3C(=O)N(Nc4ncc(C(F)(F)F)cc4Cl)C(=O)C32c2ccc(Cl)cc2)cc(Br)c1O. The number of rotatable bonds is 6. The van der Waals surface area contributed by atoms with Crippen molar-refractivity contribution in [2.24, 2.45) is 23.7 Å². The molecule has 4 amide bonds. The molecule has 4 aliphatic rings. The van der Waals surface area contributed by atoms with Gasteiger partial charge in [-0.05, 0) is 100 Å². The van der Waals surface area contributed by atoms with Crippen molar-refractivity contribution < 1.29 is 42.2 Å². The summed E-state index contributed by atoms with van der Waals surface area (Å²) in [5, 5.41) is 11.8. The van der Waals surface area contributed by atoms with Crippen LogP contribution in [0, 0.1) is 23.7 Å². The predicted molar refractivity (Wildman–Crippen MR) is 203 cm³/mol. The highest BCUT2D eigenvalue weighted by molar-refractivity contribution is 9.10. The van der Waals surface area contributed by atoms with Gasteiger partial charge in [0.05, 0.1) is 51.0 Å². The minimum atomic E-state index is -4.77. The Labute approximate surface area is 340 Å². The average Bonchev–Trinajstić information content (AvgIpc) is 3.54. The van der Waals surface area contributed by atoms with E-state index in [0.717, 1.165) is 4.90 Å². The van der Waals surface area contributed by atoms with Crippen LogP contribution in [0.25, 0.3) is 0 Å². The number of carbonyl (C=O) groups excluding carboxylic acids is 4. The summed E-state index contributed by atoms with van der Waals surface area (Å²) < 4.78 is 46.2. The Morgan fingerprint density at radius 2 is 1.59 bits per heavy atom. The number of nitrogens with one attached hydrogen (secondary N) is 1. The normalized spacial score (nSPS) is 25.9. The quantitative estimate of drug-likeness (QED) is 0.145. The molecule has 0 spiro atoms. The number of phenolic OH excluding ortho intramolecular Hbond substituents is 1. The number of allylic oxidation sites excluding steroid dienone is 2. The van der Waals surface area contributed by atoms with Crippen LogP contribution in [-0.2, 0) is 30.8 Å². The summed E-state index contributed by atoms with van der Waals surface area (Å²) in [7, 11) is 1.35. The van der Waals surface area contributed by atoms with Gasteiger partial charge in [0.1, 0.15) is 0 Å². The van der Waals surface area contributed by atoms with E-state index in [0.29, 0.717) is 49.7 Å².